The molecule has 0 radical (unpaired) electrons. The molecular formula is C29H32N4O4. The van der Waals surface area contributed by atoms with E-state index in [1.54, 1.807) is 36.4 Å². The van der Waals surface area contributed by atoms with Crippen LogP contribution in [0.2, 0.25) is 0 Å². The number of rotatable bonds is 7. The number of aryl methyl sites for hydroxylation is 1. The van der Waals surface area contributed by atoms with Gasteiger partial charge in [0, 0.05) is 23.2 Å². The minimum atomic E-state index is -0.668. The van der Waals surface area contributed by atoms with Crippen LogP contribution in [-0.4, -0.2) is 34.5 Å². The van der Waals surface area contributed by atoms with Crippen LogP contribution in [0.25, 0.3) is 11.1 Å². The third-order valence-corrected chi connectivity index (χ3v) is 6.38. The first-order chi connectivity index (χ1) is 17.7. The predicted molar refractivity (Wildman–Crippen MR) is 142 cm³/mol. The number of para-hydroxylation sites is 1. The summed E-state index contributed by atoms with van der Waals surface area (Å²) in [4.78, 5) is 40.0. The Kier molecular flexibility index (Phi) is 7.71. The second kappa shape index (κ2) is 10.9. The van der Waals surface area contributed by atoms with Gasteiger partial charge in [0.05, 0.1) is 6.54 Å². The first-order valence-electron chi connectivity index (χ1n) is 12.3. The molecule has 37 heavy (non-hydrogen) atoms. The largest absolute Gasteiger partial charge is 0.344 e. The van der Waals surface area contributed by atoms with Crippen molar-refractivity contribution in [2.24, 2.45) is 5.73 Å². The quantitative estimate of drug-likeness (QED) is 0.292. The van der Waals surface area contributed by atoms with Crippen molar-refractivity contribution in [1.29, 1.82) is 0 Å². The summed E-state index contributed by atoms with van der Waals surface area (Å²) in [6, 6.07) is 21.7. The number of benzene rings is 3. The lowest BCUT2D eigenvalue weighted by Crippen LogP contribution is -2.49. The van der Waals surface area contributed by atoms with Crippen LogP contribution in [-0.2, 0) is 22.6 Å². The van der Waals surface area contributed by atoms with Gasteiger partial charge in [-0.2, -0.15) is 0 Å². The first kappa shape index (κ1) is 26.1. The van der Waals surface area contributed by atoms with Crippen LogP contribution in [0, 0.1) is 0 Å². The molecule has 3 aromatic carbocycles. The van der Waals surface area contributed by atoms with E-state index in [-0.39, 0.29) is 18.2 Å². The van der Waals surface area contributed by atoms with Crippen LogP contribution in [0.3, 0.4) is 0 Å². The molecule has 0 saturated heterocycles. The Bertz CT molecular complexity index is 1300. The maximum Gasteiger partial charge on any atom is 0.275 e. The van der Waals surface area contributed by atoms with Crippen molar-refractivity contribution in [3.63, 3.8) is 0 Å². The molecule has 1 heterocycles. The van der Waals surface area contributed by atoms with Crippen LogP contribution >= 0.6 is 0 Å². The number of hydrogen-bond donors (Lipinski definition) is 4. The Morgan fingerprint density at radius 3 is 2.41 bits per heavy atom. The maximum atomic E-state index is 13.7. The van der Waals surface area contributed by atoms with Gasteiger partial charge in [-0.05, 0) is 61.1 Å². The zero-order chi connectivity index (χ0) is 26.6. The van der Waals surface area contributed by atoms with Gasteiger partial charge < -0.3 is 16.0 Å². The molecule has 1 aliphatic heterocycles. The van der Waals surface area contributed by atoms with E-state index < -0.39 is 17.5 Å². The molecular weight excluding hydrogens is 468 g/mol. The lowest BCUT2D eigenvalue weighted by molar-refractivity contribution is -0.128. The molecule has 0 fully saturated rings. The van der Waals surface area contributed by atoms with E-state index in [0.29, 0.717) is 30.5 Å². The Balaban J connectivity index is 1.59. The highest BCUT2D eigenvalue weighted by Gasteiger charge is 2.32. The Morgan fingerprint density at radius 2 is 1.70 bits per heavy atom. The highest BCUT2D eigenvalue weighted by Crippen LogP contribution is 2.30. The number of carbonyl (C=O) groups excluding carboxylic acids is 3. The molecule has 1 atom stereocenters. The molecule has 0 aliphatic carbocycles. The van der Waals surface area contributed by atoms with Gasteiger partial charge in [-0.1, -0.05) is 60.7 Å². The summed E-state index contributed by atoms with van der Waals surface area (Å²) >= 11 is 0. The number of anilines is 1. The first-order valence-corrected chi connectivity index (χ1v) is 12.3. The summed E-state index contributed by atoms with van der Waals surface area (Å²) in [5.74, 6) is -0.994. The van der Waals surface area contributed by atoms with Gasteiger partial charge in [0.1, 0.15) is 6.04 Å². The van der Waals surface area contributed by atoms with Gasteiger partial charge in [0.15, 0.2) is 0 Å². The van der Waals surface area contributed by atoms with Gasteiger partial charge in [0.25, 0.3) is 5.91 Å². The van der Waals surface area contributed by atoms with Gasteiger partial charge >= 0.3 is 0 Å². The molecule has 0 saturated carbocycles. The van der Waals surface area contributed by atoms with E-state index in [4.69, 9.17) is 10.9 Å². The average molecular weight is 501 g/mol. The van der Waals surface area contributed by atoms with E-state index in [9.17, 15) is 14.4 Å². The predicted octanol–water partition coefficient (Wildman–Crippen LogP) is 3.56. The van der Waals surface area contributed by atoms with Crippen LogP contribution in [0.4, 0.5) is 5.69 Å². The Labute approximate surface area is 216 Å². The summed E-state index contributed by atoms with van der Waals surface area (Å²) in [5, 5.41) is 12.0. The fourth-order valence-corrected chi connectivity index (χ4v) is 4.64. The second-order valence-corrected chi connectivity index (χ2v) is 10.1. The number of nitrogens with one attached hydrogen (secondary N) is 2. The minimum Gasteiger partial charge on any atom is -0.344 e. The van der Waals surface area contributed by atoms with Gasteiger partial charge in [-0.15, -0.1) is 0 Å². The molecule has 8 heteroatoms. The summed E-state index contributed by atoms with van der Waals surface area (Å²) in [6.07, 6.45) is 1.30. The van der Waals surface area contributed by atoms with Crippen molar-refractivity contribution in [1.82, 2.24) is 10.8 Å². The molecule has 5 N–H and O–H groups in total. The molecule has 1 aliphatic rings. The number of nitrogens with zero attached hydrogens (tertiary/aromatic N) is 1. The van der Waals surface area contributed by atoms with Crippen LogP contribution in [0.1, 0.15) is 48.2 Å². The van der Waals surface area contributed by atoms with Crippen LogP contribution in [0.15, 0.2) is 72.8 Å². The third-order valence-electron chi connectivity index (χ3n) is 6.38. The zero-order valence-corrected chi connectivity index (χ0v) is 21.0. The fraction of sp³-hybridized carbons (Fsp3) is 0.276. The molecule has 192 valence electrons. The number of carbonyl (C=O) groups is 3. The fourth-order valence-electron chi connectivity index (χ4n) is 4.64. The SMILES string of the molecule is CC(C)(N)CC(=O)NC1CCc2ccccc2N(Cc2ccc(-c3ccccc3C(=O)NO)cc2)C1=O. The molecule has 1 unspecified atom stereocenters. The lowest BCUT2D eigenvalue weighted by Gasteiger charge is -2.27. The van der Waals surface area contributed by atoms with Crippen molar-refractivity contribution in [3.05, 3.63) is 89.5 Å². The van der Waals surface area contributed by atoms with E-state index in [1.165, 1.54) is 0 Å². The molecule has 0 bridgehead atoms. The minimum absolute atomic E-state index is 0.126. The standard InChI is InChI=1S/C29H32N4O4/c1-29(2,30)17-26(34)31-24-16-15-21-7-3-6-10-25(21)33(28(24)36)18-19-11-13-20(14-12-19)22-8-4-5-9-23(22)27(35)32-37/h3-14,24,37H,15-18,30H2,1-2H3,(H,31,34)(H,32,35). The molecule has 8 nitrogen and oxygen atoms in total. The summed E-state index contributed by atoms with van der Waals surface area (Å²) in [5.41, 5.74) is 11.6. The number of hydroxylamine groups is 1. The molecule has 3 aromatic rings. The van der Waals surface area contributed by atoms with Crippen molar-refractivity contribution in [3.8, 4) is 11.1 Å². The van der Waals surface area contributed by atoms with Crippen molar-refractivity contribution >= 4 is 23.4 Å². The number of hydrogen-bond acceptors (Lipinski definition) is 5. The van der Waals surface area contributed by atoms with Crippen LogP contribution in [0.5, 0.6) is 0 Å². The Hall–Kier alpha value is -4.01. The van der Waals surface area contributed by atoms with E-state index in [1.807, 2.05) is 60.7 Å². The molecule has 3 amide bonds. The number of nitrogens with two attached hydrogens (primary N) is 1. The van der Waals surface area contributed by atoms with Gasteiger partial charge in [0.2, 0.25) is 11.8 Å². The van der Waals surface area contributed by atoms with Gasteiger partial charge in [-0.25, -0.2) is 5.48 Å². The topological polar surface area (TPSA) is 125 Å². The van der Waals surface area contributed by atoms with Crippen molar-refractivity contribution < 1.29 is 19.6 Å². The smallest absolute Gasteiger partial charge is 0.275 e. The van der Waals surface area contributed by atoms with Gasteiger partial charge in [-0.3, -0.25) is 19.6 Å². The monoisotopic (exact) mass is 500 g/mol. The average Bonchev–Trinajstić information content (AvgIpc) is 3.00. The highest BCUT2D eigenvalue weighted by atomic mass is 16.5. The van der Waals surface area contributed by atoms with E-state index in [0.717, 1.165) is 22.4 Å². The zero-order valence-electron chi connectivity index (χ0n) is 21.0. The molecule has 4 rings (SSSR count). The van der Waals surface area contributed by atoms with Crippen molar-refractivity contribution in [2.45, 2.75) is 51.2 Å². The normalized spacial score (nSPS) is 15.5. The number of fused-ring (bicyclic) bond motifs is 1. The molecule has 0 spiro atoms. The second-order valence-electron chi connectivity index (χ2n) is 10.1. The van der Waals surface area contributed by atoms with Crippen molar-refractivity contribution in [2.75, 3.05) is 4.90 Å². The van der Waals surface area contributed by atoms with E-state index in [2.05, 4.69) is 5.32 Å². The maximum absolute atomic E-state index is 13.7. The lowest BCUT2D eigenvalue weighted by atomic mass is 9.98. The summed E-state index contributed by atoms with van der Waals surface area (Å²) in [6.45, 7) is 3.88. The third kappa shape index (κ3) is 6.22. The summed E-state index contributed by atoms with van der Waals surface area (Å²) in [7, 11) is 0. The van der Waals surface area contributed by atoms with Crippen LogP contribution < -0.4 is 21.4 Å². The molecule has 0 aromatic heterocycles. The Morgan fingerprint density at radius 1 is 1.03 bits per heavy atom. The number of amides is 3. The summed E-state index contributed by atoms with van der Waals surface area (Å²) < 4.78 is 0. The highest BCUT2D eigenvalue weighted by molar-refractivity contribution is 6.01. The van der Waals surface area contributed by atoms with E-state index >= 15 is 0 Å².